The average Bonchev–Trinajstić information content (AvgIpc) is 2.31. The topological polar surface area (TPSA) is 38.9 Å². The van der Waals surface area contributed by atoms with Crippen molar-refractivity contribution in [3.63, 3.8) is 0 Å². The van der Waals surface area contributed by atoms with Crippen molar-refractivity contribution in [2.24, 2.45) is 5.92 Å². The predicted octanol–water partition coefficient (Wildman–Crippen LogP) is 2.31. The maximum atomic E-state index is 5.49. The van der Waals surface area contributed by atoms with Crippen LogP contribution in [0.3, 0.4) is 0 Å². The summed E-state index contributed by atoms with van der Waals surface area (Å²) in [7, 11) is 0. The summed E-state index contributed by atoms with van der Waals surface area (Å²) < 4.78 is 0. The van der Waals surface area contributed by atoms with Crippen molar-refractivity contribution in [1.82, 2.24) is 4.98 Å². The molecule has 2 N–H and O–H groups in total. The summed E-state index contributed by atoms with van der Waals surface area (Å²) in [6, 6.07) is 0. The van der Waals surface area contributed by atoms with Crippen LogP contribution in [-0.4, -0.2) is 4.98 Å². The van der Waals surface area contributed by atoms with E-state index in [2.05, 4.69) is 18.8 Å². The molecule has 1 aromatic rings. The fourth-order valence-electron chi connectivity index (χ4n) is 0.874. The van der Waals surface area contributed by atoms with Gasteiger partial charge >= 0.3 is 0 Å². The molecule has 2 nitrogen and oxygen atoms in total. The molecule has 11 heavy (non-hydrogen) atoms. The molecule has 0 atom stereocenters. The Kier molecular flexibility index (Phi) is 2.88. The Morgan fingerprint density at radius 2 is 2.36 bits per heavy atom. The minimum absolute atomic E-state index is 0.684. The zero-order valence-corrected chi connectivity index (χ0v) is 7.82. The van der Waals surface area contributed by atoms with Gasteiger partial charge in [-0.2, -0.15) is 0 Å². The van der Waals surface area contributed by atoms with Gasteiger partial charge in [-0.1, -0.05) is 13.8 Å². The van der Waals surface area contributed by atoms with Crippen LogP contribution in [0, 0.1) is 5.92 Å². The van der Waals surface area contributed by atoms with Crippen LogP contribution in [0.2, 0.25) is 0 Å². The van der Waals surface area contributed by atoms with Crippen LogP contribution in [0.15, 0.2) is 5.38 Å². The molecule has 0 spiro atoms. The van der Waals surface area contributed by atoms with Gasteiger partial charge in [0.05, 0.1) is 5.69 Å². The molecule has 1 aromatic heterocycles. The molecule has 0 unspecified atom stereocenters. The lowest BCUT2D eigenvalue weighted by atomic mass is 10.1. The van der Waals surface area contributed by atoms with E-state index in [4.69, 9.17) is 5.73 Å². The predicted molar refractivity (Wildman–Crippen MR) is 49.7 cm³/mol. The lowest BCUT2D eigenvalue weighted by molar-refractivity contribution is 0.582. The highest BCUT2D eigenvalue weighted by Gasteiger charge is 1.99. The number of nitrogen functional groups attached to an aromatic ring is 1. The molecule has 0 aliphatic carbocycles. The van der Waals surface area contributed by atoms with Crippen LogP contribution in [-0.2, 0) is 6.42 Å². The van der Waals surface area contributed by atoms with Crippen molar-refractivity contribution in [1.29, 1.82) is 0 Å². The standard InChI is InChI=1S/C8H14N2S/c1-6(2)3-4-7-5-11-8(9)10-7/h5-6H,3-4H2,1-2H3,(H2,9,10). The fraction of sp³-hybridized carbons (Fsp3) is 0.625. The molecule has 0 aliphatic rings. The van der Waals surface area contributed by atoms with Gasteiger partial charge in [0, 0.05) is 5.38 Å². The number of anilines is 1. The molecule has 0 amide bonds. The molecule has 3 heteroatoms. The lowest BCUT2D eigenvalue weighted by Gasteiger charge is -2.00. The monoisotopic (exact) mass is 170 g/mol. The summed E-state index contributed by atoms with van der Waals surface area (Å²) in [6.45, 7) is 4.44. The van der Waals surface area contributed by atoms with E-state index in [1.165, 1.54) is 17.8 Å². The minimum atomic E-state index is 0.684. The highest BCUT2D eigenvalue weighted by Crippen LogP contribution is 2.14. The first-order valence-electron chi connectivity index (χ1n) is 3.88. The largest absolute Gasteiger partial charge is 0.375 e. The number of aromatic nitrogens is 1. The Morgan fingerprint density at radius 1 is 1.64 bits per heavy atom. The van der Waals surface area contributed by atoms with Gasteiger partial charge in [-0.25, -0.2) is 4.98 Å². The number of rotatable bonds is 3. The molecule has 0 saturated carbocycles. The van der Waals surface area contributed by atoms with Crippen LogP contribution in [0.4, 0.5) is 5.13 Å². The van der Waals surface area contributed by atoms with E-state index in [9.17, 15) is 0 Å². The van der Waals surface area contributed by atoms with Crippen molar-refractivity contribution >= 4 is 16.5 Å². The van der Waals surface area contributed by atoms with Crippen LogP contribution in [0.1, 0.15) is 26.0 Å². The van der Waals surface area contributed by atoms with E-state index in [1.807, 2.05) is 5.38 Å². The fourth-order valence-corrected chi connectivity index (χ4v) is 1.47. The molecule has 0 aliphatic heterocycles. The zero-order valence-electron chi connectivity index (χ0n) is 7.00. The number of hydrogen-bond donors (Lipinski definition) is 1. The number of nitrogens with zero attached hydrogens (tertiary/aromatic N) is 1. The Labute approximate surface area is 71.5 Å². The first-order valence-corrected chi connectivity index (χ1v) is 4.76. The summed E-state index contributed by atoms with van der Waals surface area (Å²) in [5, 5.41) is 2.72. The molecule has 0 bridgehead atoms. The van der Waals surface area contributed by atoms with Crippen molar-refractivity contribution in [3.8, 4) is 0 Å². The summed E-state index contributed by atoms with van der Waals surface area (Å²) in [5.41, 5.74) is 6.63. The Hall–Kier alpha value is -0.570. The molecular weight excluding hydrogens is 156 g/mol. The van der Waals surface area contributed by atoms with Gasteiger partial charge in [0.15, 0.2) is 5.13 Å². The van der Waals surface area contributed by atoms with Crippen LogP contribution in [0.5, 0.6) is 0 Å². The Morgan fingerprint density at radius 3 is 2.82 bits per heavy atom. The van der Waals surface area contributed by atoms with Gasteiger partial charge < -0.3 is 5.73 Å². The van der Waals surface area contributed by atoms with Gasteiger partial charge in [-0.3, -0.25) is 0 Å². The molecular formula is C8H14N2S. The van der Waals surface area contributed by atoms with Gasteiger partial charge in [-0.05, 0) is 18.8 Å². The van der Waals surface area contributed by atoms with E-state index in [-0.39, 0.29) is 0 Å². The van der Waals surface area contributed by atoms with E-state index < -0.39 is 0 Å². The minimum Gasteiger partial charge on any atom is -0.375 e. The molecule has 62 valence electrons. The molecule has 0 fully saturated rings. The van der Waals surface area contributed by atoms with E-state index >= 15 is 0 Å². The summed E-state index contributed by atoms with van der Waals surface area (Å²) in [4.78, 5) is 4.18. The lowest BCUT2D eigenvalue weighted by Crippen LogP contribution is -1.92. The third-order valence-corrected chi connectivity index (χ3v) is 2.27. The Bertz CT molecular complexity index is 218. The third kappa shape index (κ3) is 2.89. The van der Waals surface area contributed by atoms with E-state index in [0.717, 1.165) is 18.0 Å². The van der Waals surface area contributed by atoms with Crippen molar-refractivity contribution in [2.45, 2.75) is 26.7 Å². The molecule has 0 saturated heterocycles. The summed E-state index contributed by atoms with van der Waals surface area (Å²) in [6.07, 6.45) is 2.26. The van der Waals surface area contributed by atoms with Crippen LogP contribution < -0.4 is 5.73 Å². The van der Waals surface area contributed by atoms with E-state index in [1.54, 1.807) is 0 Å². The number of thiazole rings is 1. The number of nitrogens with two attached hydrogens (primary N) is 1. The summed E-state index contributed by atoms with van der Waals surface area (Å²) >= 11 is 1.52. The first kappa shape index (κ1) is 8.53. The van der Waals surface area contributed by atoms with Crippen molar-refractivity contribution < 1.29 is 0 Å². The summed E-state index contributed by atoms with van der Waals surface area (Å²) in [5.74, 6) is 0.748. The van der Waals surface area contributed by atoms with Gasteiger partial charge in [0.25, 0.3) is 0 Å². The van der Waals surface area contributed by atoms with Crippen LogP contribution in [0.25, 0.3) is 0 Å². The molecule has 1 heterocycles. The van der Waals surface area contributed by atoms with Gasteiger partial charge in [0.1, 0.15) is 0 Å². The SMILES string of the molecule is CC(C)CCc1csc(N)n1. The van der Waals surface area contributed by atoms with Gasteiger partial charge in [-0.15, -0.1) is 11.3 Å². The quantitative estimate of drug-likeness (QED) is 0.756. The second-order valence-electron chi connectivity index (χ2n) is 3.11. The maximum absolute atomic E-state index is 5.49. The average molecular weight is 170 g/mol. The first-order chi connectivity index (χ1) is 5.18. The smallest absolute Gasteiger partial charge is 0.180 e. The van der Waals surface area contributed by atoms with Crippen LogP contribution >= 0.6 is 11.3 Å². The highest BCUT2D eigenvalue weighted by atomic mass is 32.1. The normalized spacial score (nSPS) is 10.8. The highest BCUT2D eigenvalue weighted by molar-refractivity contribution is 7.13. The van der Waals surface area contributed by atoms with Crippen molar-refractivity contribution in [2.75, 3.05) is 5.73 Å². The number of aryl methyl sites for hydroxylation is 1. The number of hydrogen-bond acceptors (Lipinski definition) is 3. The molecule has 1 rings (SSSR count). The van der Waals surface area contributed by atoms with Gasteiger partial charge in [0.2, 0.25) is 0 Å². The second kappa shape index (κ2) is 3.72. The third-order valence-electron chi connectivity index (χ3n) is 1.55. The second-order valence-corrected chi connectivity index (χ2v) is 4.00. The van der Waals surface area contributed by atoms with E-state index in [0.29, 0.717) is 5.13 Å². The maximum Gasteiger partial charge on any atom is 0.180 e. The zero-order chi connectivity index (χ0) is 8.27. The molecule has 0 radical (unpaired) electrons. The van der Waals surface area contributed by atoms with Crippen molar-refractivity contribution in [3.05, 3.63) is 11.1 Å². The Balaban J connectivity index is 2.39. The molecule has 0 aromatic carbocycles.